The van der Waals surface area contributed by atoms with E-state index in [0.717, 1.165) is 55.5 Å². The van der Waals surface area contributed by atoms with Crippen LogP contribution in [0.3, 0.4) is 0 Å². The number of rotatable bonds is 3. The lowest BCUT2D eigenvalue weighted by molar-refractivity contribution is 0.113. The van der Waals surface area contributed by atoms with Gasteiger partial charge < -0.3 is 19.5 Å². The van der Waals surface area contributed by atoms with Crippen molar-refractivity contribution in [2.24, 2.45) is 5.92 Å². The number of nitrogens with one attached hydrogen (secondary N) is 1. The zero-order valence-corrected chi connectivity index (χ0v) is 13.0. The molecule has 1 aliphatic rings. The number of hydrogen-bond acceptors (Lipinski definition) is 5. The van der Waals surface area contributed by atoms with Crippen LogP contribution >= 0.6 is 0 Å². The Labute approximate surface area is 125 Å². The van der Waals surface area contributed by atoms with Crippen molar-refractivity contribution in [2.75, 3.05) is 51.8 Å². The minimum Gasteiger partial charge on any atom is -0.379 e. The van der Waals surface area contributed by atoms with Gasteiger partial charge in [-0.15, -0.1) is 0 Å². The van der Waals surface area contributed by atoms with Crippen LogP contribution in [0.1, 0.15) is 5.82 Å². The van der Waals surface area contributed by atoms with Gasteiger partial charge in [0.25, 0.3) is 0 Å². The average molecular weight is 289 g/mol. The number of nitrogens with zero attached hydrogens (tertiary/aromatic N) is 4. The smallest absolute Gasteiger partial charge is 0.156 e. The molecular formula is C15H23N5O. The van der Waals surface area contributed by atoms with Crippen LogP contribution in [-0.2, 0) is 4.74 Å². The van der Waals surface area contributed by atoms with Gasteiger partial charge in [0.05, 0.1) is 18.7 Å². The van der Waals surface area contributed by atoms with Gasteiger partial charge in [0.2, 0.25) is 0 Å². The summed E-state index contributed by atoms with van der Waals surface area (Å²) >= 11 is 0. The molecule has 1 unspecified atom stereocenters. The maximum atomic E-state index is 5.76. The van der Waals surface area contributed by atoms with Crippen LogP contribution < -0.4 is 4.90 Å². The first-order valence-electron chi connectivity index (χ1n) is 7.42. The first-order chi connectivity index (χ1) is 10.1. The standard InChI is InChI=1S/C15H23N5O/c1-11-17-13-4-5-16-14(13)15(18-11)20-6-7-21-10-12(9-20)8-19(2)3/h4-5,12,16H,6-10H2,1-3H3. The number of H-pyrrole nitrogens is 1. The molecule has 2 aromatic rings. The summed E-state index contributed by atoms with van der Waals surface area (Å²) < 4.78 is 5.76. The molecule has 3 heterocycles. The number of ether oxygens (including phenoxy) is 1. The van der Waals surface area contributed by atoms with E-state index in [4.69, 9.17) is 4.74 Å². The highest BCUT2D eigenvalue weighted by atomic mass is 16.5. The first-order valence-corrected chi connectivity index (χ1v) is 7.42. The fourth-order valence-electron chi connectivity index (χ4n) is 2.97. The Morgan fingerprint density at radius 2 is 2.29 bits per heavy atom. The van der Waals surface area contributed by atoms with E-state index >= 15 is 0 Å². The SMILES string of the molecule is Cc1nc(N2CCOCC(CN(C)C)C2)c2[nH]ccc2n1. The van der Waals surface area contributed by atoms with Gasteiger partial charge in [-0.1, -0.05) is 0 Å². The molecule has 1 fully saturated rings. The van der Waals surface area contributed by atoms with Crippen LogP contribution in [-0.4, -0.2) is 66.8 Å². The second-order valence-corrected chi connectivity index (χ2v) is 5.98. The summed E-state index contributed by atoms with van der Waals surface area (Å²) in [6.07, 6.45) is 1.92. The molecule has 0 radical (unpaired) electrons. The van der Waals surface area contributed by atoms with Crippen molar-refractivity contribution >= 4 is 16.9 Å². The van der Waals surface area contributed by atoms with Crippen LogP contribution in [0.2, 0.25) is 0 Å². The predicted octanol–water partition coefficient (Wildman–Crippen LogP) is 1.28. The van der Waals surface area contributed by atoms with Crippen molar-refractivity contribution < 1.29 is 4.74 Å². The summed E-state index contributed by atoms with van der Waals surface area (Å²) in [5, 5.41) is 0. The zero-order valence-electron chi connectivity index (χ0n) is 13.0. The predicted molar refractivity (Wildman–Crippen MR) is 83.7 cm³/mol. The van der Waals surface area contributed by atoms with E-state index in [1.807, 2.05) is 19.2 Å². The fraction of sp³-hybridized carbons (Fsp3) is 0.600. The Balaban J connectivity index is 1.90. The van der Waals surface area contributed by atoms with E-state index in [0.29, 0.717) is 5.92 Å². The monoisotopic (exact) mass is 289 g/mol. The van der Waals surface area contributed by atoms with Crippen LogP contribution in [0.4, 0.5) is 5.82 Å². The lowest BCUT2D eigenvalue weighted by Gasteiger charge is -2.26. The van der Waals surface area contributed by atoms with Gasteiger partial charge in [0.15, 0.2) is 5.82 Å². The summed E-state index contributed by atoms with van der Waals surface area (Å²) in [4.78, 5) is 17.0. The van der Waals surface area contributed by atoms with Crippen molar-refractivity contribution in [3.8, 4) is 0 Å². The quantitative estimate of drug-likeness (QED) is 0.922. The first kappa shape index (κ1) is 14.3. The number of aromatic nitrogens is 3. The molecule has 1 aliphatic heterocycles. The Morgan fingerprint density at radius 1 is 1.43 bits per heavy atom. The molecule has 21 heavy (non-hydrogen) atoms. The summed E-state index contributed by atoms with van der Waals surface area (Å²) in [6, 6.07) is 2.00. The Morgan fingerprint density at radius 3 is 3.10 bits per heavy atom. The van der Waals surface area contributed by atoms with E-state index in [-0.39, 0.29) is 0 Å². The maximum Gasteiger partial charge on any atom is 0.156 e. The molecule has 114 valence electrons. The van der Waals surface area contributed by atoms with Crippen molar-refractivity contribution in [1.82, 2.24) is 19.9 Å². The number of aryl methyl sites for hydroxylation is 1. The highest BCUT2D eigenvalue weighted by Crippen LogP contribution is 2.24. The topological polar surface area (TPSA) is 57.3 Å². The second kappa shape index (κ2) is 5.99. The summed E-state index contributed by atoms with van der Waals surface area (Å²) in [7, 11) is 4.21. The molecule has 2 aromatic heterocycles. The molecule has 3 rings (SSSR count). The molecule has 1 N–H and O–H groups in total. The van der Waals surface area contributed by atoms with Gasteiger partial charge in [-0.3, -0.25) is 0 Å². The van der Waals surface area contributed by atoms with Crippen molar-refractivity contribution in [3.05, 3.63) is 18.1 Å². The number of aromatic amines is 1. The highest BCUT2D eigenvalue weighted by Gasteiger charge is 2.22. The third-order valence-electron chi connectivity index (χ3n) is 3.76. The van der Waals surface area contributed by atoms with E-state index in [9.17, 15) is 0 Å². The van der Waals surface area contributed by atoms with Crippen LogP contribution in [0, 0.1) is 12.8 Å². The summed E-state index contributed by atoms with van der Waals surface area (Å²) in [5.41, 5.74) is 2.00. The number of hydrogen-bond donors (Lipinski definition) is 1. The largest absolute Gasteiger partial charge is 0.379 e. The number of anilines is 1. The van der Waals surface area contributed by atoms with E-state index in [1.54, 1.807) is 0 Å². The minimum absolute atomic E-state index is 0.489. The third-order valence-corrected chi connectivity index (χ3v) is 3.76. The van der Waals surface area contributed by atoms with Crippen molar-refractivity contribution in [3.63, 3.8) is 0 Å². The van der Waals surface area contributed by atoms with Gasteiger partial charge in [-0.05, 0) is 27.1 Å². The Hall–Kier alpha value is -1.66. The van der Waals surface area contributed by atoms with Crippen LogP contribution in [0.5, 0.6) is 0 Å². The second-order valence-electron chi connectivity index (χ2n) is 5.98. The minimum atomic E-state index is 0.489. The molecule has 0 amide bonds. The molecule has 0 aliphatic carbocycles. The Bertz CT molecular complexity index is 609. The summed E-state index contributed by atoms with van der Waals surface area (Å²) in [6.45, 7) is 6.36. The van der Waals surface area contributed by atoms with Crippen molar-refractivity contribution in [2.45, 2.75) is 6.92 Å². The van der Waals surface area contributed by atoms with E-state index < -0.39 is 0 Å². The molecule has 6 heteroatoms. The molecule has 1 atom stereocenters. The third kappa shape index (κ3) is 3.16. The van der Waals surface area contributed by atoms with E-state index in [1.165, 1.54) is 0 Å². The summed E-state index contributed by atoms with van der Waals surface area (Å²) in [5.74, 6) is 2.30. The Kier molecular flexibility index (Phi) is 4.07. The number of fused-ring (bicyclic) bond motifs is 1. The average Bonchev–Trinajstić information content (AvgIpc) is 2.76. The molecular weight excluding hydrogens is 266 g/mol. The molecule has 0 saturated carbocycles. The van der Waals surface area contributed by atoms with Gasteiger partial charge in [0, 0.05) is 31.7 Å². The van der Waals surface area contributed by atoms with Gasteiger partial charge in [-0.2, -0.15) is 0 Å². The fourth-order valence-corrected chi connectivity index (χ4v) is 2.97. The van der Waals surface area contributed by atoms with Gasteiger partial charge in [0.1, 0.15) is 11.3 Å². The molecule has 0 bridgehead atoms. The molecule has 6 nitrogen and oxygen atoms in total. The van der Waals surface area contributed by atoms with Crippen LogP contribution in [0.25, 0.3) is 11.0 Å². The van der Waals surface area contributed by atoms with E-state index in [2.05, 4.69) is 38.8 Å². The highest BCUT2D eigenvalue weighted by molar-refractivity contribution is 5.86. The van der Waals surface area contributed by atoms with Crippen LogP contribution in [0.15, 0.2) is 12.3 Å². The van der Waals surface area contributed by atoms with Gasteiger partial charge >= 0.3 is 0 Å². The molecule has 0 spiro atoms. The lowest BCUT2D eigenvalue weighted by atomic mass is 10.1. The lowest BCUT2D eigenvalue weighted by Crippen LogP contribution is -2.35. The normalized spacial score (nSPS) is 20.2. The maximum absolute atomic E-state index is 5.76. The zero-order chi connectivity index (χ0) is 14.8. The molecule has 1 saturated heterocycles. The van der Waals surface area contributed by atoms with Crippen molar-refractivity contribution in [1.29, 1.82) is 0 Å². The molecule has 0 aromatic carbocycles. The van der Waals surface area contributed by atoms with Gasteiger partial charge in [-0.25, -0.2) is 9.97 Å².